The van der Waals surface area contributed by atoms with Crippen molar-refractivity contribution in [2.45, 2.75) is 32.4 Å². The van der Waals surface area contributed by atoms with Crippen LogP contribution in [0.3, 0.4) is 0 Å². The molecule has 0 aliphatic carbocycles. The number of H-pyrrole nitrogens is 1. The fourth-order valence-electron chi connectivity index (χ4n) is 2.63. The molecule has 0 radical (unpaired) electrons. The molecule has 0 spiro atoms. The van der Waals surface area contributed by atoms with E-state index < -0.39 is 0 Å². The summed E-state index contributed by atoms with van der Waals surface area (Å²) in [6.07, 6.45) is 4.50. The van der Waals surface area contributed by atoms with Crippen molar-refractivity contribution in [3.8, 4) is 0 Å². The Morgan fingerprint density at radius 1 is 1.20 bits per heavy atom. The maximum atomic E-state index is 3.71. The van der Waals surface area contributed by atoms with Crippen LogP contribution in [0.4, 0.5) is 0 Å². The Labute approximate surface area is 123 Å². The Bertz CT molecular complexity index is 655. The van der Waals surface area contributed by atoms with Crippen LogP contribution in [0.25, 0.3) is 10.9 Å². The van der Waals surface area contributed by atoms with Gasteiger partial charge in [0.2, 0.25) is 0 Å². The van der Waals surface area contributed by atoms with Gasteiger partial charge in [-0.2, -0.15) is 0 Å². The van der Waals surface area contributed by atoms with Crippen LogP contribution in [0.15, 0.2) is 48.0 Å². The van der Waals surface area contributed by atoms with Crippen LogP contribution in [0.1, 0.15) is 36.2 Å². The predicted octanol–water partition coefficient (Wildman–Crippen LogP) is 4.86. The molecular weight excluding hydrogens is 264 g/mol. The van der Waals surface area contributed by atoms with Gasteiger partial charge in [-0.05, 0) is 29.5 Å². The van der Waals surface area contributed by atoms with Gasteiger partial charge >= 0.3 is 0 Å². The lowest BCUT2D eigenvalue weighted by molar-refractivity contribution is 0.501. The highest BCUT2D eigenvalue weighted by Crippen LogP contribution is 2.25. The molecule has 1 unspecified atom stereocenters. The summed E-state index contributed by atoms with van der Waals surface area (Å²) in [6.45, 7) is 3.15. The van der Waals surface area contributed by atoms with Crippen LogP contribution in [-0.4, -0.2) is 4.98 Å². The number of benzene rings is 1. The van der Waals surface area contributed by atoms with E-state index in [4.69, 9.17) is 0 Å². The minimum Gasteiger partial charge on any atom is -0.361 e. The molecule has 1 atom stereocenters. The highest BCUT2D eigenvalue weighted by Gasteiger charge is 2.12. The maximum Gasteiger partial charge on any atom is 0.0457 e. The zero-order valence-corrected chi connectivity index (χ0v) is 12.5. The van der Waals surface area contributed by atoms with Gasteiger partial charge in [-0.25, -0.2) is 0 Å². The van der Waals surface area contributed by atoms with Crippen molar-refractivity contribution < 1.29 is 0 Å². The van der Waals surface area contributed by atoms with Crippen molar-refractivity contribution in [2.75, 3.05) is 0 Å². The number of thiophene rings is 1. The van der Waals surface area contributed by atoms with Gasteiger partial charge in [-0.1, -0.05) is 37.6 Å². The molecule has 1 aromatic carbocycles. The van der Waals surface area contributed by atoms with Gasteiger partial charge < -0.3 is 10.3 Å². The number of hydrogen-bond acceptors (Lipinski definition) is 2. The molecule has 0 aliphatic heterocycles. The fourth-order valence-corrected chi connectivity index (χ4v) is 3.47. The third kappa shape index (κ3) is 2.79. The number of aromatic amines is 1. The van der Waals surface area contributed by atoms with Gasteiger partial charge in [0.05, 0.1) is 0 Å². The van der Waals surface area contributed by atoms with Crippen molar-refractivity contribution in [1.82, 2.24) is 10.3 Å². The molecule has 0 bridgehead atoms. The van der Waals surface area contributed by atoms with Gasteiger partial charge in [0, 0.05) is 34.6 Å². The SMILES string of the molecule is CCCC(NCc1c[nH]c2ccccc12)c1cccs1. The van der Waals surface area contributed by atoms with Crippen LogP contribution in [0.2, 0.25) is 0 Å². The summed E-state index contributed by atoms with van der Waals surface area (Å²) in [4.78, 5) is 4.78. The van der Waals surface area contributed by atoms with Crippen molar-refractivity contribution in [3.63, 3.8) is 0 Å². The summed E-state index contributed by atoms with van der Waals surface area (Å²) in [5, 5.41) is 7.19. The second-order valence-electron chi connectivity index (χ2n) is 5.10. The molecule has 0 amide bonds. The quantitative estimate of drug-likeness (QED) is 0.664. The number of rotatable bonds is 6. The lowest BCUT2D eigenvalue weighted by Gasteiger charge is -2.16. The summed E-state index contributed by atoms with van der Waals surface area (Å²) in [5.74, 6) is 0. The molecule has 0 aliphatic rings. The first-order valence-electron chi connectivity index (χ1n) is 7.20. The number of aromatic nitrogens is 1. The first-order chi connectivity index (χ1) is 9.88. The molecule has 20 heavy (non-hydrogen) atoms. The maximum absolute atomic E-state index is 3.71. The smallest absolute Gasteiger partial charge is 0.0457 e. The zero-order valence-electron chi connectivity index (χ0n) is 11.7. The second-order valence-corrected chi connectivity index (χ2v) is 6.08. The van der Waals surface area contributed by atoms with E-state index in [0.717, 1.165) is 6.54 Å². The Morgan fingerprint density at radius 2 is 2.10 bits per heavy atom. The molecule has 2 heterocycles. The molecule has 0 saturated heterocycles. The summed E-state index contributed by atoms with van der Waals surface area (Å²) in [6, 6.07) is 13.3. The first-order valence-corrected chi connectivity index (χ1v) is 8.08. The van der Waals surface area contributed by atoms with Crippen LogP contribution in [-0.2, 0) is 6.54 Å². The molecule has 3 rings (SSSR count). The zero-order chi connectivity index (χ0) is 13.8. The van der Waals surface area contributed by atoms with Crippen molar-refractivity contribution in [2.24, 2.45) is 0 Å². The molecular formula is C17H20N2S. The Hall–Kier alpha value is -1.58. The summed E-state index contributed by atoms with van der Waals surface area (Å²) in [5.41, 5.74) is 2.56. The van der Waals surface area contributed by atoms with Crippen LogP contribution < -0.4 is 5.32 Å². The monoisotopic (exact) mass is 284 g/mol. The van der Waals surface area contributed by atoms with Crippen molar-refractivity contribution in [3.05, 3.63) is 58.4 Å². The largest absolute Gasteiger partial charge is 0.361 e. The molecule has 2 nitrogen and oxygen atoms in total. The first kappa shape index (κ1) is 13.4. The molecule has 0 saturated carbocycles. The van der Waals surface area contributed by atoms with E-state index in [1.807, 2.05) is 11.3 Å². The Morgan fingerprint density at radius 3 is 2.90 bits per heavy atom. The van der Waals surface area contributed by atoms with Gasteiger partial charge in [0.15, 0.2) is 0 Å². The standard InChI is InChI=1S/C17H20N2S/c1-2-6-16(17-9-5-10-20-17)19-12-13-11-18-15-8-4-3-7-14(13)15/h3-5,7-11,16,18-19H,2,6,12H2,1H3. The van der Waals surface area contributed by atoms with Crippen LogP contribution in [0.5, 0.6) is 0 Å². The number of hydrogen-bond donors (Lipinski definition) is 2. The number of para-hydroxylation sites is 1. The molecule has 104 valence electrons. The minimum atomic E-state index is 0.466. The van der Waals surface area contributed by atoms with Crippen molar-refractivity contribution >= 4 is 22.2 Å². The van der Waals surface area contributed by atoms with Gasteiger partial charge in [-0.15, -0.1) is 11.3 Å². The minimum absolute atomic E-state index is 0.466. The van der Waals surface area contributed by atoms with E-state index >= 15 is 0 Å². The lowest BCUT2D eigenvalue weighted by atomic mass is 10.1. The van der Waals surface area contributed by atoms with E-state index in [9.17, 15) is 0 Å². The predicted molar refractivity (Wildman–Crippen MR) is 87.1 cm³/mol. The van der Waals surface area contributed by atoms with Crippen LogP contribution >= 0.6 is 11.3 Å². The van der Waals surface area contributed by atoms with E-state index in [1.54, 1.807) is 0 Å². The molecule has 2 aromatic heterocycles. The van der Waals surface area contributed by atoms with E-state index in [-0.39, 0.29) is 0 Å². The number of fused-ring (bicyclic) bond motifs is 1. The fraction of sp³-hybridized carbons (Fsp3) is 0.294. The van der Waals surface area contributed by atoms with Gasteiger partial charge in [-0.3, -0.25) is 0 Å². The molecule has 3 heteroatoms. The highest BCUT2D eigenvalue weighted by molar-refractivity contribution is 7.10. The van der Waals surface area contributed by atoms with Gasteiger partial charge in [0.1, 0.15) is 0 Å². The van der Waals surface area contributed by atoms with E-state index in [2.05, 4.69) is 65.2 Å². The topological polar surface area (TPSA) is 27.8 Å². The normalized spacial score (nSPS) is 12.8. The lowest BCUT2D eigenvalue weighted by Crippen LogP contribution is -2.19. The Kier molecular flexibility index (Phi) is 4.19. The van der Waals surface area contributed by atoms with Crippen molar-refractivity contribution in [1.29, 1.82) is 0 Å². The highest BCUT2D eigenvalue weighted by atomic mass is 32.1. The van der Waals surface area contributed by atoms with E-state index in [0.29, 0.717) is 6.04 Å². The summed E-state index contributed by atoms with van der Waals surface area (Å²) < 4.78 is 0. The number of nitrogens with one attached hydrogen (secondary N) is 2. The third-order valence-electron chi connectivity index (χ3n) is 3.68. The Balaban J connectivity index is 1.74. The third-order valence-corrected chi connectivity index (χ3v) is 4.66. The summed E-state index contributed by atoms with van der Waals surface area (Å²) >= 11 is 1.84. The molecule has 3 aromatic rings. The molecule has 2 N–H and O–H groups in total. The van der Waals surface area contributed by atoms with Crippen LogP contribution in [0, 0.1) is 0 Å². The average Bonchev–Trinajstić information content (AvgIpc) is 3.13. The summed E-state index contributed by atoms with van der Waals surface area (Å²) in [7, 11) is 0. The second kappa shape index (κ2) is 6.25. The van der Waals surface area contributed by atoms with E-state index in [1.165, 1.54) is 34.2 Å². The van der Waals surface area contributed by atoms with Gasteiger partial charge in [0.25, 0.3) is 0 Å². The molecule has 0 fully saturated rings. The average molecular weight is 284 g/mol.